The molecule has 116 valence electrons. The Labute approximate surface area is 136 Å². The second-order valence-electron chi connectivity index (χ2n) is 6.13. The molecule has 1 fully saturated rings. The minimum absolute atomic E-state index is 0.315. The topological polar surface area (TPSA) is 55.0 Å². The summed E-state index contributed by atoms with van der Waals surface area (Å²) in [6.45, 7) is 1.87. The Hall–Kier alpha value is -2.46. The highest BCUT2D eigenvalue weighted by Gasteiger charge is 2.18. The summed E-state index contributed by atoms with van der Waals surface area (Å²) >= 11 is 0. The Kier molecular flexibility index (Phi) is 3.67. The molecule has 0 unspecified atom stereocenters. The fraction of sp³-hybridized carbons (Fsp3) is 0.263. The van der Waals surface area contributed by atoms with Crippen LogP contribution in [0.15, 0.2) is 54.7 Å². The lowest BCUT2D eigenvalue weighted by Crippen LogP contribution is -2.40. The van der Waals surface area contributed by atoms with Crippen molar-refractivity contribution in [2.24, 2.45) is 5.73 Å². The van der Waals surface area contributed by atoms with E-state index in [-0.39, 0.29) is 0 Å². The van der Waals surface area contributed by atoms with Crippen molar-refractivity contribution in [3.63, 3.8) is 0 Å². The Morgan fingerprint density at radius 2 is 1.74 bits per heavy atom. The molecule has 0 radical (unpaired) electrons. The van der Waals surface area contributed by atoms with Gasteiger partial charge in [0.05, 0.1) is 5.69 Å². The van der Waals surface area contributed by atoms with Crippen LogP contribution in [-0.2, 0) is 0 Å². The first-order valence-corrected chi connectivity index (χ1v) is 8.12. The van der Waals surface area contributed by atoms with Crippen LogP contribution in [0.25, 0.3) is 22.0 Å². The van der Waals surface area contributed by atoms with Gasteiger partial charge < -0.3 is 10.6 Å². The zero-order valence-electron chi connectivity index (χ0n) is 13.0. The molecule has 4 heteroatoms. The van der Waals surface area contributed by atoms with E-state index in [0.717, 1.165) is 43.1 Å². The van der Waals surface area contributed by atoms with Crippen molar-refractivity contribution in [1.29, 1.82) is 0 Å². The quantitative estimate of drug-likeness (QED) is 0.790. The fourth-order valence-corrected chi connectivity index (χ4v) is 3.11. The molecular formula is C19H20N4. The molecule has 2 heterocycles. The van der Waals surface area contributed by atoms with E-state index in [2.05, 4.69) is 52.3 Å². The highest BCUT2D eigenvalue weighted by atomic mass is 15.3. The summed E-state index contributed by atoms with van der Waals surface area (Å²) in [6.07, 6.45) is 3.86. The molecule has 23 heavy (non-hydrogen) atoms. The van der Waals surface area contributed by atoms with Crippen LogP contribution in [-0.4, -0.2) is 29.1 Å². The standard InChI is InChI=1S/C19H20N4/c20-17-8-11-23(12-9-17)19-21-10-7-18(22-19)16-6-5-14-3-1-2-4-15(14)13-16/h1-7,10,13,17H,8-9,11-12,20H2. The summed E-state index contributed by atoms with van der Waals surface area (Å²) in [7, 11) is 0. The monoisotopic (exact) mass is 304 g/mol. The van der Waals surface area contributed by atoms with Crippen molar-refractivity contribution in [2.75, 3.05) is 18.0 Å². The average molecular weight is 304 g/mol. The van der Waals surface area contributed by atoms with Crippen molar-refractivity contribution >= 4 is 16.7 Å². The molecule has 2 aromatic carbocycles. The van der Waals surface area contributed by atoms with Crippen LogP contribution in [0.1, 0.15) is 12.8 Å². The number of nitrogens with zero attached hydrogens (tertiary/aromatic N) is 3. The third kappa shape index (κ3) is 2.90. The maximum atomic E-state index is 5.98. The SMILES string of the molecule is NC1CCN(c2nccc(-c3ccc4ccccc4c3)n2)CC1. The molecule has 4 nitrogen and oxygen atoms in total. The van der Waals surface area contributed by atoms with E-state index >= 15 is 0 Å². The molecule has 0 bridgehead atoms. The minimum Gasteiger partial charge on any atom is -0.341 e. The number of hydrogen-bond donors (Lipinski definition) is 1. The maximum Gasteiger partial charge on any atom is 0.225 e. The third-order valence-corrected chi connectivity index (χ3v) is 4.51. The summed E-state index contributed by atoms with van der Waals surface area (Å²) in [4.78, 5) is 11.5. The first-order chi connectivity index (χ1) is 11.3. The van der Waals surface area contributed by atoms with Crippen molar-refractivity contribution in [3.8, 4) is 11.3 Å². The van der Waals surface area contributed by atoms with Crippen molar-refractivity contribution in [3.05, 3.63) is 54.7 Å². The van der Waals surface area contributed by atoms with Gasteiger partial charge >= 0.3 is 0 Å². The summed E-state index contributed by atoms with van der Waals surface area (Å²) in [5.41, 5.74) is 8.08. The number of piperidine rings is 1. The first kappa shape index (κ1) is 14.2. The van der Waals surface area contributed by atoms with Gasteiger partial charge in [0.25, 0.3) is 0 Å². The molecule has 3 aromatic rings. The predicted molar refractivity (Wildman–Crippen MR) is 94.4 cm³/mol. The van der Waals surface area contributed by atoms with E-state index in [1.807, 2.05) is 12.3 Å². The van der Waals surface area contributed by atoms with E-state index in [4.69, 9.17) is 10.7 Å². The normalized spacial score (nSPS) is 16.0. The molecule has 0 aliphatic carbocycles. The molecular weight excluding hydrogens is 284 g/mol. The molecule has 1 aromatic heterocycles. The van der Waals surface area contributed by atoms with Gasteiger partial charge in [-0.2, -0.15) is 0 Å². The van der Waals surface area contributed by atoms with Crippen LogP contribution in [0, 0.1) is 0 Å². The highest BCUT2D eigenvalue weighted by Crippen LogP contribution is 2.24. The first-order valence-electron chi connectivity index (χ1n) is 8.12. The van der Waals surface area contributed by atoms with Crippen molar-refractivity contribution in [2.45, 2.75) is 18.9 Å². The van der Waals surface area contributed by atoms with Gasteiger partial charge in [-0.1, -0.05) is 36.4 Å². The number of benzene rings is 2. The summed E-state index contributed by atoms with van der Waals surface area (Å²) in [6, 6.07) is 17.1. The van der Waals surface area contributed by atoms with Gasteiger partial charge in [-0.25, -0.2) is 9.97 Å². The molecule has 0 amide bonds. The van der Waals surface area contributed by atoms with Gasteiger partial charge in [-0.3, -0.25) is 0 Å². The Bertz CT molecular complexity index is 822. The molecule has 1 aliphatic rings. The van der Waals surface area contributed by atoms with Crippen LogP contribution in [0.3, 0.4) is 0 Å². The number of fused-ring (bicyclic) bond motifs is 1. The second kappa shape index (κ2) is 5.97. The number of rotatable bonds is 2. The molecule has 0 saturated carbocycles. The zero-order valence-corrected chi connectivity index (χ0v) is 13.0. The summed E-state index contributed by atoms with van der Waals surface area (Å²) in [5.74, 6) is 0.808. The van der Waals surface area contributed by atoms with E-state index < -0.39 is 0 Å². The van der Waals surface area contributed by atoms with Crippen LogP contribution < -0.4 is 10.6 Å². The van der Waals surface area contributed by atoms with Gasteiger partial charge in [0, 0.05) is 30.9 Å². The van der Waals surface area contributed by atoms with Crippen LogP contribution in [0.4, 0.5) is 5.95 Å². The van der Waals surface area contributed by atoms with Gasteiger partial charge in [0.1, 0.15) is 0 Å². The number of aromatic nitrogens is 2. The lowest BCUT2D eigenvalue weighted by atomic mass is 10.0. The summed E-state index contributed by atoms with van der Waals surface area (Å²) < 4.78 is 0. The second-order valence-corrected chi connectivity index (χ2v) is 6.13. The number of nitrogens with two attached hydrogens (primary N) is 1. The predicted octanol–water partition coefficient (Wildman–Crippen LogP) is 3.22. The molecule has 1 aliphatic heterocycles. The third-order valence-electron chi connectivity index (χ3n) is 4.51. The van der Waals surface area contributed by atoms with E-state index in [1.54, 1.807) is 0 Å². The lowest BCUT2D eigenvalue weighted by Gasteiger charge is -2.30. The largest absolute Gasteiger partial charge is 0.341 e. The van der Waals surface area contributed by atoms with Gasteiger partial charge in [-0.05, 0) is 35.7 Å². The van der Waals surface area contributed by atoms with Crippen LogP contribution >= 0.6 is 0 Å². The van der Waals surface area contributed by atoms with Gasteiger partial charge in [0.15, 0.2) is 0 Å². The molecule has 4 rings (SSSR count). The van der Waals surface area contributed by atoms with E-state index in [0.29, 0.717) is 6.04 Å². The molecule has 1 saturated heterocycles. The average Bonchev–Trinajstić information content (AvgIpc) is 2.62. The minimum atomic E-state index is 0.315. The smallest absolute Gasteiger partial charge is 0.225 e. The Balaban J connectivity index is 1.67. The van der Waals surface area contributed by atoms with E-state index in [9.17, 15) is 0 Å². The Morgan fingerprint density at radius 1 is 0.957 bits per heavy atom. The number of hydrogen-bond acceptors (Lipinski definition) is 4. The van der Waals surface area contributed by atoms with Gasteiger partial charge in [0.2, 0.25) is 5.95 Å². The van der Waals surface area contributed by atoms with E-state index in [1.165, 1.54) is 10.8 Å². The van der Waals surface area contributed by atoms with Crippen LogP contribution in [0.2, 0.25) is 0 Å². The van der Waals surface area contributed by atoms with Gasteiger partial charge in [-0.15, -0.1) is 0 Å². The van der Waals surface area contributed by atoms with Crippen molar-refractivity contribution in [1.82, 2.24) is 9.97 Å². The van der Waals surface area contributed by atoms with Crippen LogP contribution in [0.5, 0.6) is 0 Å². The molecule has 2 N–H and O–H groups in total. The number of anilines is 1. The molecule has 0 spiro atoms. The van der Waals surface area contributed by atoms with Crippen molar-refractivity contribution < 1.29 is 0 Å². The maximum absolute atomic E-state index is 5.98. The zero-order chi connectivity index (χ0) is 15.6. The Morgan fingerprint density at radius 3 is 2.57 bits per heavy atom. The molecule has 0 atom stereocenters. The fourth-order valence-electron chi connectivity index (χ4n) is 3.11. The highest BCUT2D eigenvalue weighted by molar-refractivity contribution is 5.86. The lowest BCUT2D eigenvalue weighted by molar-refractivity contribution is 0.495. The summed E-state index contributed by atoms with van der Waals surface area (Å²) in [5, 5.41) is 2.48.